The Balaban J connectivity index is 2.20. The second-order valence-electron chi connectivity index (χ2n) is 5.43. The highest BCUT2D eigenvalue weighted by Gasteiger charge is 2.33. The average molecular weight is 252 g/mol. The fourth-order valence-electron chi connectivity index (χ4n) is 2.91. The Morgan fingerprint density at radius 3 is 2.61 bits per heavy atom. The Morgan fingerprint density at radius 2 is 2.06 bits per heavy atom. The molecule has 0 unspecified atom stereocenters. The first-order chi connectivity index (χ1) is 8.47. The first kappa shape index (κ1) is 13.2. The van der Waals surface area contributed by atoms with E-state index in [0.717, 1.165) is 49.4 Å². The van der Waals surface area contributed by atoms with Gasteiger partial charge in [-0.15, -0.1) is 0 Å². The summed E-state index contributed by atoms with van der Waals surface area (Å²) in [6, 6.07) is 0. The van der Waals surface area contributed by atoms with Crippen molar-refractivity contribution in [3.8, 4) is 0 Å². The summed E-state index contributed by atoms with van der Waals surface area (Å²) in [5.41, 5.74) is 7.11. The Labute approximate surface area is 109 Å². The van der Waals surface area contributed by atoms with E-state index < -0.39 is 5.60 Å². The minimum atomic E-state index is -0.558. The number of likely N-dealkylation sites (N-methyl/N-ethyl adjacent to an activating group) is 1. The van der Waals surface area contributed by atoms with Crippen LogP contribution >= 0.6 is 0 Å². The number of nitrogens with zero attached hydrogens (tertiary/aromatic N) is 3. The van der Waals surface area contributed by atoms with Crippen molar-refractivity contribution >= 4 is 11.5 Å². The maximum absolute atomic E-state index is 10.5. The molecule has 2 rings (SSSR count). The van der Waals surface area contributed by atoms with E-state index in [0.29, 0.717) is 6.54 Å². The third-order valence-electron chi connectivity index (χ3n) is 3.87. The van der Waals surface area contributed by atoms with Crippen LogP contribution in [0.5, 0.6) is 0 Å². The summed E-state index contributed by atoms with van der Waals surface area (Å²) >= 11 is 0. The van der Waals surface area contributed by atoms with E-state index in [1.165, 1.54) is 0 Å². The summed E-state index contributed by atoms with van der Waals surface area (Å²) in [7, 11) is 1.98. The van der Waals surface area contributed by atoms with Crippen molar-refractivity contribution in [1.29, 1.82) is 0 Å². The lowest BCUT2D eigenvalue weighted by Crippen LogP contribution is -2.40. The van der Waals surface area contributed by atoms with Crippen LogP contribution in [0.2, 0.25) is 0 Å². The van der Waals surface area contributed by atoms with E-state index in [4.69, 9.17) is 5.73 Å². The molecule has 1 fully saturated rings. The fourth-order valence-corrected chi connectivity index (χ4v) is 2.91. The molecule has 0 spiro atoms. The second kappa shape index (κ2) is 4.80. The molecular weight excluding hydrogens is 228 g/mol. The molecule has 3 N–H and O–H groups in total. The highest BCUT2D eigenvalue weighted by atomic mass is 16.3. The molecule has 0 radical (unpaired) electrons. The van der Waals surface area contributed by atoms with Gasteiger partial charge in [0.25, 0.3) is 0 Å². The lowest BCUT2D eigenvalue weighted by Gasteiger charge is -2.30. The monoisotopic (exact) mass is 252 g/mol. The van der Waals surface area contributed by atoms with Crippen LogP contribution in [-0.2, 0) is 6.54 Å². The van der Waals surface area contributed by atoms with Crippen molar-refractivity contribution in [1.82, 2.24) is 9.78 Å². The predicted octanol–water partition coefficient (Wildman–Crippen LogP) is 1.53. The van der Waals surface area contributed by atoms with Crippen LogP contribution in [0.1, 0.15) is 38.3 Å². The van der Waals surface area contributed by atoms with Crippen LogP contribution in [0.4, 0.5) is 11.5 Å². The van der Waals surface area contributed by atoms with Crippen molar-refractivity contribution < 1.29 is 5.11 Å². The maximum atomic E-state index is 10.5. The molecule has 18 heavy (non-hydrogen) atoms. The summed E-state index contributed by atoms with van der Waals surface area (Å²) < 4.78 is 1.91. The van der Waals surface area contributed by atoms with Crippen molar-refractivity contribution in [2.75, 3.05) is 24.2 Å². The molecule has 1 heterocycles. The fraction of sp³-hybridized carbons (Fsp3) is 0.769. The minimum absolute atomic E-state index is 0.558. The van der Waals surface area contributed by atoms with Gasteiger partial charge in [0.15, 0.2) is 0 Å². The lowest BCUT2D eigenvalue weighted by atomic mass is 10.0. The van der Waals surface area contributed by atoms with Gasteiger partial charge < -0.3 is 15.7 Å². The third kappa shape index (κ3) is 2.32. The Morgan fingerprint density at radius 1 is 1.44 bits per heavy atom. The highest BCUT2D eigenvalue weighted by molar-refractivity contribution is 5.66. The van der Waals surface area contributed by atoms with E-state index in [1.807, 2.05) is 30.5 Å². The van der Waals surface area contributed by atoms with Crippen LogP contribution < -0.4 is 10.6 Å². The van der Waals surface area contributed by atoms with Crippen molar-refractivity contribution in [2.45, 2.75) is 51.7 Å². The number of nitrogens with two attached hydrogens (primary N) is 1. The average Bonchev–Trinajstić information content (AvgIpc) is 2.84. The number of rotatable bonds is 4. The van der Waals surface area contributed by atoms with Crippen molar-refractivity contribution in [2.24, 2.45) is 0 Å². The quantitative estimate of drug-likeness (QED) is 0.853. The maximum Gasteiger partial charge on any atom is 0.150 e. The van der Waals surface area contributed by atoms with E-state index in [2.05, 4.69) is 5.10 Å². The molecule has 1 aliphatic rings. The number of aliphatic hydroxyl groups is 1. The molecule has 1 aromatic heterocycles. The molecule has 5 heteroatoms. The highest BCUT2D eigenvalue weighted by Crippen LogP contribution is 2.33. The zero-order valence-corrected chi connectivity index (χ0v) is 11.6. The van der Waals surface area contributed by atoms with E-state index in [9.17, 15) is 5.11 Å². The van der Waals surface area contributed by atoms with Gasteiger partial charge in [0.1, 0.15) is 5.82 Å². The Hall–Kier alpha value is -1.23. The number of hydrogen-bond donors (Lipinski definition) is 2. The van der Waals surface area contributed by atoms with Gasteiger partial charge in [0.2, 0.25) is 0 Å². The van der Waals surface area contributed by atoms with Gasteiger partial charge in [-0.2, -0.15) is 5.10 Å². The molecule has 0 amide bonds. The molecule has 0 atom stereocenters. The summed E-state index contributed by atoms with van der Waals surface area (Å²) in [6.45, 7) is 5.38. The molecular formula is C13H24N4O. The zero-order valence-electron chi connectivity index (χ0n) is 11.6. The van der Waals surface area contributed by atoms with Crippen LogP contribution in [-0.4, -0.2) is 34.1 Å². The van der Waals surface area contributed by atoms with Crippen molar-refractivity contribution in [3.05, 3.63) is 5.69 Å². The van der Waals surface area contributed by atoms with Gasteiger partial charge in [0, 0.05) is 20.1 Å². The number of nitrogen functional groups attached to an aromatic ring is 1. The van der Waals surface area contributed by atoms with Gasteiger partial charge in [-0.25, -0.2) is 4.68 Å². The zero-order chi connectivity index (χ0) is 13.3. The summed E-state index contributed by atoms with van der Waals surface area (Å²) in [5.74, 6) is 0.926. The standard InChI is InChI=1S/C13H24N4O/c1-4-17-12(11(14)10(2)15-17)16(3)9-13(18)7-5-6-8-13/h18H,4-9,14H2,1-3H3. The van der Waals surface area contributed by atoms with E-state index in [1.54, 1.807) is 0 Å². The summed E-state index contributed by atoms with van der Waals surface area (Å²) in [6.07, 6.45) is 4.00. The lowest BCUT2D eigenvalue weighted by molar-refractivity contribution is 0.0557. The SMILES string of the molecule is CCn1nc(C)c(N)c1N(C)CC1(O)CCCC1. The number of anilines is 2. The molecule has 0 saturated heterocycles. The first-order valence-electron chi connectivity index (χ1n) is 6.73. The largest absolute Gasteiger partial charge is 0.394 e. The molecule has 1 aromatic rings. The molecule has 1 aliphatic carbocycles. The number of aryl methyl sites for hydroxylation is 2. The van der Waals surface area contributed by atoms with E-state index in [-0.39, 0.29) is 0 Å². The Kier molecular flexibility index (Phi) is 3.52. The Bertz CT molecular complexity index is 421. The molecule has 0 aliphatic heterocycles. The number of aromatic nitrogens is 2. The predicted molar refractivity (Wildman–Crippen MR) is 73.7 cm³/mol. The normalized spacial score (nSPS) is 18.2. The van der Waals surface area contributed by atoms with Crippen LogP contribution in [0, 0.1) is 6.92 Å². The van der Waals surface area contributed by atoms with Crippen LogP contribution in [0.25, 0.3) is 0 Å². The molecule has 1 saturated carbocycles. The second-order valence-corrected chi connectivity index (χ2v) is 5.43. The van der Waals surface area contributed by atoms with Gasteiger partial charge in [0.05, 0.1) is 17.0 Å². The molecule has 0 aromatic carbocycles. The smallest absolute Gasteiger partial charge is 0.150 e. The molecule has 5 nitrogen and oxygen atoms in total. The van der Waals surface area contributed by atoms with Gasteiger partial charge >= 0.3 is 0 Å². The minimum Gasteiger partial charge on any atom is -0.394 e. The van der Waals surface area contributed by atoms with Crippen molar-refractivity contribution in [3.63, 3.8) is 0 Å². The summed E-state index contributed by atoms with van der Waals surface area (Å²) in [4.78, 5) is 2.05. The van der Waals surface area contributed by atoms with Gasteiger partial charge in [-0.05, 0) is 26.7 Å². The molecule has 102 valence electrons. The third-order valence-corrected chi connectivity index (χ3v) is 3.87. The van der Waals surface area contributed by atoms with E-state index >= 15 is 0 Å². The topological polar surface area (TPSA) is 67.3 Å². The van der Waals surface area contributed by atoms with Gasteiger partial charge in [-0.1, -0.05) is 12.8 Å². The van der Waals surface area contributed by atoms with Gasteiger partial charge in [-0.3, -0.25) is 0 Å². The molecule has 0 bridgehead atoms. The van der Waals surface area contributed by atoms with Crippen LogP contribution in [0.3, 0.4) is 0 Å². The van der Waals surface area contributed by atoms with Crippen LogP contribution in [0.15, 0.2) is 0 Å². The first-order valence-corrected chi connectivity index (χ1v) is 6.73. The number of hydrogen-bond acceptors (Lipinski definition) is 4. The summed E-state index contributed by atoms with van der Waals surface area (Å²) in [5, 5.41) is 14.9.